The van der Waals surface area contributed by atoms with E-state index in [2.05, 4.69) is 4.74 Å². The van der Waals surface area contributed by atoms with Gasteiger partial charge in [0.15, 0.2) is 0 Å². The lowest BCUT2D eigenvalue weighted by atomic mass is 10.2. The molecule has 0 fully saturated rings. The van der Waals surface area contributed by atoms with E-state index in [1.807, 2.05) is 45.0 Å². The van der Waals surface area contributed by atoms with Gasteiger partial charge in [-0.25, -0.2) is 4.79 Å². The number of ether oxygens (including phenoxy) is 2. The van der Waals surface area contributed by atoms with E-state index in [0.717, 1.165) is 23.8 Å². The Hall–Kier alpha value is -1.67. The van der Waals surface area contributed by atoms with Gasteiger partial charge >= 0.3 is 14.8 Å². The molecule has 0 saturated heterocycles. The minimum Gasteiger partial charge on any atom is -0.494 e. The highest BCUT2D eigenvalue weighted by Crippen LogP contribution is 2.19. The molecule has 26 heavy (non-hydrogen) atoms. The molecule has 0 N–H and O–H groups in total. The highest BCUT2D eigenvalue weighted by Gasteiger charge is 2.39. The molecule has 0 aliphatic heterocycles. The summed E-state index contributed by atoms with van der Waals surface area (Å²) < 4.78 is 27.8. The third-order valence-corrected chi connectivity index (χ3v) is 6.63. The minimum absolute atomic E-state index is 0.379. The first kappa shape index (κ1) is 22.4. The SMILES string of the molecule is CCO[Si](CCCOc1ccc(C=CC(=O)OC)cc1)(OCC)OCC. The number of carbonyl (C=O) groups is 1. The molecule has 0 amide bonds. The van der Waals surface area contributed by atoms with Crippen LogP contribution in [-0.4, -0.2) is 48.3 Å². The van der Waals surface area contributed by atoms with Crippen LogP contribution in [0, 0.1) is 0 Å². The summed E-state index contributed by atoms with van der Waals surface area (Å²) >= 11 is 0. The number of hydrogen-bond acceptors (Lipinski definition) is 6. The van der Waals surface area contributed by atoms with Crippen LogP contribution in [0.1, 0.15) is 32.8 Å². The quantitative estimate of drug-likeness (QED) is 0.224. The van der Waals surface area contributed by atoms with Crippen molar-refractivity contribution in [1.82, 2.24) is 0 Å². The first-order valence-corrected chi connectivity index (χ1v) is 10.9. The normalized spacial score (nSPS) is 11.7. The lowest BCUT2D eigenvalue weighted by Crippen LogP contribution is -2.46. The highest BCUT2D eigenvalue weighted by molar-refractivity contribution is 6.60. The molecule has 0 unspecified atom stereocenters. The van der Waals surface area contributed by atoms with Crippen molar-refractivity contribution in [3.8, 4) is 5.75 Å². The Kier molecular flexibility index (Phi) is 10.9. The lowest BCUT2D eigenvalue weighted by molar-refractivity contribution is -0.134. The summed E-state index contributed by atoms with van der Waals surface area (Å²) in [5, 5.41) is 0. The smallest absolute Gasteiger partial charge is 0.494 e. The van der Waals surface area contributed by atoms with Gasteiger partial charge in [-0.2, -0.15) is 0 Å². The number of benzene rings is 1. The van der Waals surface area contributed by atoms with Gasteiger partial charge in [0.2, 0.25) is 0 Å². The highest BCUT2D eigenvalue weighted by atomic mass is 28.4. The molecule has 1 aromatic rings. The Morgan fingerprint density at radius 3 is 2.08 bits per heavy atom. The molecule has 0 saturated carbocycles. The molecular formula is C19H30O6Si. The molecule has 6 nitrogen and oxygen atoms in total. The average molecular weight is 383 g/mol. The van der Waals surface area contributed by atoms with E-state index < -0.39 is 8.80 Å². The second kappa shape index (κ2) is 12.6. The maximum absolute atomic E-state index is 11.1. The third-order valence-electron chi connectivity index (χ3n) is 3.48. The zero-order valence-electron chi connectivity index (χ0n) is 16.2. The zero-order chi connectivity index (χ0) is 19.3. The van der Waals surface area contributed by atoms with Gasteiger partial charge in [-0.05, 0) is 51.0 Å². The maximum atomic E-state index is 11.1. The predicted octanol–water partition coefficient (Wildman–Crippen LogP) is 3.69. The van der Waals surface area contributed by atoms with Crippen molar-refractivity contribution >= 4 is 20.8 Å². The topological polar surface area (TPSA) is 63.2 Å². The molecule has 0 radical (unpaired) electrons. The maximum Gasteiger partial charge on any atom is 0.501 e. The van der Waals surface area contributed by atoms with Gasteiger partial charge in [-0.15, -0.1) is 0 Å². The monoisotopic (exact) mass is 382 g/mol. The molecule has 1 aromatic carbocycles. The van der Waals surface area contributed by atoms with Crippen LogP contribution in [0.15, 0.2) is 30.3 Å². The van der Waals surface area contributed by atoms with Crippen molar-refractivity contribution in [1.29, 1.82) is 0 Å². The second-order valence-corrected chi connectivity index (χ2v) is 8.09. The van der Waals surface area contributed by atoms with E-state index in [9.17, 15) is 4.79 Å². The molecule has 0 atom stereocenters. The van der Waals surface area contributed by atoms with E-state index >= 15 is 0 Å². The number of rotatable bonds is 13. The Morgan fingerprint density at radius 2 is 1.58 bits per heavy atom. The predicted molar refractivity (Wildman–Crippen MR) is 103 cm³/mol. The first-order valence-electron chi connectivity index (χ1n) is 8.99. The lowest BCUT2D eigenvalue weighted by Gasteiger charge is -2.28. The van der Waals surface area contributed by atoms with Crippen molar-refractivity contribution in [2.24, 2.45) is 0 Å². The molecule has 0 aliphatic rings. The van der Waals surface area contributed by atoms with Crippen LogP contribution in [-0.2, 0) is 22.8 Å². The zero-order valence-corrected chi connectivity index (χ0v) is 17.2. The van der Waals surface area contributed by atoms with Crippen molar-refractivity contribution < 1.29 is 27.5 Å². The first-order chi connectivity index (χ1) is 12.6. The molecule has 0 aromatic heterocycles. The number of hydrogen-bond donors (Lipinski definition) is 0. The fraction of sp³-hybridized carbons (Fsp3) is 0.526. The molecule has 0 aliphatic carbocycles. The number of methoxy groups -OCH3 is 1. The molecular weight excluding hydrogens is 352 g/mol. The summed E-state index contributed by atoms with van der Waals surface area (Å²) in [6, 6.07) is 8.23. The van der Waals surface area contributed by atoms with Gasteiger partial charge < -0.3 is 22.8 Å². The Bertz CT molecular complexity index is 526. The Balaban J connectivity index is 2.48. The van der Waals surface area contributed by atoms with Gasteiger partial charge in [-0.3, -0.25) is 0 Å². The van der Waals surface area contributed by atoms with Crippen LogP contribution in [0.3, 0.4) is 0 Å². The van der Waals surface area contributed by atoms with Gasteiger partial charge in [0.05, 0.1) is 13.7 Å². The fourth-order valence-electron chi connectivity index (χ4n) is 2.39. The van der Waals surface area contributed by atoms with E-state index in [4.69, 9.17) is 18.0 Å². The molecule has 0 heterocycles. The Morgan fingerprint density at radius 1 is 1.00 bits per heavy atom. The minimum atomic E-state index is -2.60. The molecule has 1 rings (SSSR count). The van der Waals surface area contributed by atoms with Gasteiger partial charge in [-0.1, -0.05) is 12.1 Å². The summed E-state index contributed by atoms with van der Waals surface area (Å²) in [5.41, 5.74) is 0.901. The standard InChI is InChI=1S/C19H30O6Si/c1-5-23-26(24-6-2,25-7-3)16-8-15-22-18-12-9-17(10-13-18)11-14-19(20)21-4/h9-14H,5-8,15-16H2,1-4H3. The molecule has 0 bridgehead atoms. The third kappa shape index (κ3) is 8.14. The second-order valence-electron chi connectivity index (χ2n) is 5.36. The number of carbonyl (C=O) groups excluding carboxylic acids is 1. The summed E-state index contributed by atoms with van der Waals surface area (Å²) in [5.74, 6) is 0.396. The summed E-state index contributed by atoms with van der Waals surface area (Å²) in [6.45, 7) is 8.14. The Labute approximate surface area is 157 Å². The van der Waals surface area contributed by atoms with Crippen molar-refractivity contribution in [2.45, 2.75) is 33.2 Å². The van der Waals surface area contributed by atoms with Crippen LogP contribution in [0.4, 0.5) is 0 Å². The van der Waals surface area contributed by atoms with Crippen molar-refractivity contribution in [3.63, 3.8) is 0 Å². The van der Waals surface area contributed by atoms with E-state index in [1.54, 1.807) is 6.08 Å². The van der Waals surface area contributed by atoms with Crippen LogP contribution in [0.2, 0.25) is 6.04 Å². The summed E-state index contributed by atoms with van der Waals surface area (Å²) in [7, 11) is -1.25. The molecule has 0 spiro atoms. The van der Waals surface area contributed by atoms with E-state index in [-0.39, 0.29) is 5.97 Å². The molecule has 7 heteroatoms. The largest absolute Gasteiger partial charge is 0.501 e. The van der Waals surface area contributed by atoms with Gasteiger partial charge in [0.1, 0.15) is 5.75 Å². The molecule has 146 valence electrons. The summed E-state index contributed by atoms with van der Waals surface area (Å²) in [4.78, 5) is 11.1. The van der Waals surface area contributed by atoms with Crippen LogP contribution in [0.5, 0.6) is 5.75 Å². The van der Waals surface area contributed by atoms with Crippen molar-refractivity contribution in [2.75, 3.05) is 33.5 Å². The van der Waals surface area contributed by atoms with Crippen LogP contribution < -0.4 is 4.74 Å². The summed E-state index contributed by atoms with van der Waals surface area (Å²) in [6.07, 6.45) is 3.87. The van der Waals surface area contributed by atoms with Gasteiger partial charge in [0, 0.05) is 31.9 Å². The van der Waals surface area contributed by atoms with Gasteiger partial charge in [0.25, 0.3) is 0 Å². The van der Waals surface area contributed by atoms with Crippen LogP contribution in [0.25, 0.3) is 6.08 Å². The van der Waals surface area contributed by atoms with Crippen LogP contribution >= 0.6 is 0 Å². The van der Waals surface area contributed by atoms with E-state index in [0.29, 0.717) is 26.4 Å². The average Bonchev–Trinajstić information content (AvgIpc) is 2.65. The number of esters is 1. The van der Waals surface area contributed by atoms with Crippen molar-refractivity contribution in [3.05, 3.63) is 35.9 Å². The fourth-order valence-corrected chi connectivity index (χ4v) is 4.97. The van der Waals surface area contributed by atoms with E-state index in [1.165, 1.54) is 13.2 Å².